The molecule has 0 aliphatic carbocycles. The molecule has 0 aliphatic heterocycles. The fourth-order valence-electron chi connectivity index (χ4n) is 1.78. The second kappa shape index (κ2) is 6.19. The van der Waals surface area contributed by atoms with Crippen LogP contribution in [0.4, 0.5) is 0 Å². The number of aryl methyl sites for hydroxylation is 1. The summed E-state index contributed by atoms with van der Waals surface area (Å²) < 4.78 is 0. The number of hydroxylamine groups is 1. The van der Waals surface area contributed by atoms with Crippen molar-refractivity contribution in [1.82, 2.24) is 5.48 Å². The Hall–Kier alpha value is -1.84. The summed E-state index contributed by atoms with van der Waals surface area (Å²) >= 11 is 0. The van der Waals surface area contributed by atoms with Crippen LogP contribution in [0.2, 0.25) is 0 Å². The molecular formula is C14H14ClNO2. The minimum absolute atomic E-state index is 0. The minimum atomic E-state index is -0.495. The lowest BCUT2D eigenvalue weighted by atomic mass is 10.00. The van der Waals surface area contributed by atoms with Crippen molar-refractivity contribution < 1.29 is 10.0 Å². The third-order valence-corrected chi connectivity index (χ3v) is 2.55. The first kappa shape index (κ1) is 14.2. The van der Waals surface area contributed by atoms with Crippen molar-refractivity contribution in [3.05, 3.63) is 59.7 Å². The molecular weight excluding hydrogens is 250 g/mol. The van der Waals surface area contributed by atoms with Crippen LogP contribution in [-0.4, -0.2) is 11.1 Å². The van der Waals surface area contributed by atoms with E-state index in [1.807, 2.05) is 43.3 Å². The molecule has 0 spiro atoms. The van der Waals surface area contributed by atoms with Gasteiger partial charge in [-0.3, -0.25) is 10.0 Å². The van der Waals surface area contributed by atoms with E-state index in [2.05, 4.69) is 0 Å². The number of hydrogen-bond acceptors (Lipinski definition) is 2. The lowest BCUT2D eigenvalue weighted by Gasteiger charge is -2.06. The summed E-state index contributed by atoms with van der Waals surface area (Å²) in [7, 11) is 0. The van der Waals surface area contributed by atoms with Gasteiger partial charge in [0.15, 0.2) is 0 Å². The van der Waals surface area contributed by atoms with Gasteiger partial charge in [0.2, 0.25) is 0 Å². The maximum absolute atomic E-state index is 11.4. The Kier molecular flexibility index (Phi) is 4.89. The van der Waals surface area contributed by atoms with Gasteiger partial charge in [0, 0.05) is 5.56 Å². The summed E-state index contributed by atoms with van der Waals surface area (Å²) in [6.07, 6.45) is 0. The highest BCUT2D eigenvalue weighted by atomic mass is 35.5. The van der Waals surface area contributed by atoms with Crippen LogP contribution in [-0.2, 0) is 0 Å². The van der Waals surface area contributed by atoms with Gasteiger partial charge in [-0.05, 0) is 35.7 Å². The van der Waals surface area contributed by atoms with Gasteiger partial charge in [-0.25, -0.2) is 5.48 Å². The Labute approximate surface area is 112 Å². The van der Waals surface area contributed by atoms with E-state index in [1.54, 1.807) is 17.6 Å². The average molecular weight is 264 g/mol. The van der Waals surface area contributed by atoms with Crippen LogP contribution in [0.15, 0.2) is 48.5 Å². The molecule has 0 bridgehead atoms. The normalized spacial score (nSPS) is 9.44. The third-order valence-electron chi connectivity index (χ3n) is 2.55. The fraction of sp³-hybridized carbons (Fsp3) is 0.0714. The quantitative estimate of drug-likeness (QED) is 0.646. The molecule has 0 heterocycles. The summed E-state index contributed by atoms with van der Waals surface area (Å²) in [5, 5.41) is 8.64. The number of hydrogen-bond donors (Lipinski definition) is 2. The molecule has 2 aromatic carbocycles. The molecule has 18 heavy (non-hydrogen) atoms. The van der Waals surface area contributed by atoms with Crippen LogP contribution < -0.4 is 5.48 Å². The van der Waals surface area contributed by atoms with Gasteiger partial charge in [0.25, 0.3) is 5.91 Å². The van der Waals surface area contributed by atoms with E-state index in [-0.39, 0.29) is 12.4 Å². The molecule has 2 rings (SSSR count). The SMILES string of the molecule is Cc1cc(C(=O)NO)cc(-c2ccccc2)c1.Cl. The Morgan fingerprint density at radius 3 is 2.33 bits per heavy atom. The molecule has 3 nitrogen and oxygen atoms in total. The summed E-state index contributed by atoms with van der Waals surface area (Å²) in [5.74, 6) is -0.495. The Bertz CT molecular complexity index is 541. The molecule has 0 saturated heterocycles. The van der Waals surface area contributed by atoms with Crippen molar-refractivity contribution in [2.45, 2.75) is 6.92 Å². The topological polar surface area (TPSA) is 49.3 Å². The first-order chi connectivity index (χ1) is 8.20. The van der Waals surface area contributed by atoms with Gasteiger partial charge < -0.3 is 0 Å². The molecule has 0 radical (unpaired) electrons. The summed E-state index contributed by atoms with van der Waals surface area (Å²) in [6.45, 7) is 1.92. The second-order valence-electron chi connectivity index (χ2n) is 3.89. The molecule has 0 fully saturated rings. The smallest absolute Gasteiger partial charge is 0.274 e. The van der Waals surface area contributed by atoms with Gasteiger partial charge in [0.1, 0.15) is 0 Å². The zero-order chi connectivity index (χ0) is 12.3. The summed E-state index contributed by atoms with van der Waals surface area (Å²) in [4.78, 5) is 11.4. The monoisotopic (exact) mass is 263 g/mol. The van der Waals surface area contributed by atoms with E-state index >= 15 is 0 Å². The Morgan fingerprint density at radius 2 is 1.72 bits per heavy atom. The van der Waals surface area contributed by atoms with E-state index in [4.69, 9.17) is 5.21 Å². The predicted octanol–water partition coefficient (Wildman–Crippen LogP) is 3.20. The number of benzene rings is 2. The van der Waals surface area contributed by atoms with Crippen molar-refractivity contribution in [1.29, 1.82) is 0 Å². The molecule has 0 saturated carbocycles. The number of carbonyl (C=O) groups is 1. The highest BCUT2D eigenvalue weighted by Crippen LogP contribution is 2.21. The molecule has 0 atom stereocenters. The van der Waals surface area contributed by atoms with Crippen molar-refractivity contribution in [3.63, 3.8) is 0 Å². The van der Waals surface area contributed by atoms with Gasteiger partial charge >= 0.3 is 0 Å². The van der Waals surface area contributed by atoms with E-state index in [9.17, 15) is 4.79 Å². The van der Waals surface area contributed by atoms with Crippen molar-refractivity contribution >= 4 is 18.3 Å². The van der Waals surface area contributed by atoms with Gasteiger partial charge in [-0.1, -0.05) is 36.4 Å². The molecule has 0 aromatic heterocycles. The highest BCUT2D eigenvalue weighted by Gasteiger charge is 2.07. The number of halogens is 1. The first-order valence-corrected chi connectivity index (χ1v) is 5.32. The predicted molar refractivity (Wildman–Crippen MR) is 73.1 cm³/mol. The summed E-state index contributed by atoms with van der Waals surface area (Å²) in [5.41, 5.74) is 5.08. The zero-order valence-electron chi connectivity index (χ0n) is 9.88. The van der Waals surface area contributed by atoms with Crippen molar-refractivity contribution in [2.75, 3.05) is 0 Å². The molecule has 0 aliphatic rings. The maximum Gasteiger partial charge on any atom is 0.274 e. The van der Waals surface area contributed by atoms with Gasteiger partial charge in [-0.15, -0.1) is 12.4 Å². The van der Waals surface area contributed by atoms with Crippen LogP contribution in [0, 0.1) is 6.92 Å². The Balaban J connectivity index is 0.00000162. The van der Waals surface area contributed by atoms with Crippen LogP contribution in [0.1, 0.15) is 15.9 Å². The van der Waals surface area contributed by atoms with Crippen molar-refractivity contribution in [3.8, 4) is 11.1 Å². The molecule has 4 heteroatoms. The number of rotatable bonds is 2. The molecule has 2 aromatic rings. The largest absolute Gasteiger partial charge is 0.288 e. The zero-order valence-corrected chi connectivity index (χ0v) is 10.7. The summed E-state index contributed by atoms with van der Waals surface area (Å²) in [6, 6.07) is 15.3. The minimum Gasteiger partial charge on any atom is -0.288 e. The van der Waals surface area contributed by atoms with E-state index in [1.165, 1.54) is 0 Å². The lowest BCUT2D eigenvalue weighted by Crippen LogP contribution is -2.18. The van der Waals surface area contributed by atoms with E-state index < -0.39 is 5.91 Å². The first-order valence-electron chi connectivity index (χ1n) is 5.32. The number of carbonyl (C=O) groups excluding carboxylic acids is 1. The van der Waals surface area contributed by atoms with Crippen LogP contribution in [0.3, 0.4) is 0 Å². The van der Waals surface area contributed by atoms with E-state index in [0.717, 1.165) is 16.7 Å². The molecule has 2 N–H and O–H groups in total. The van der Waals surface area contributed by atoms with Crippen LogP contribution in [0.5, 0.6) is 0 Å². The molecule has 94 valence electrons. The third kappa shape index (κ3) is 3.09. The standard InChI is InChI=1S/C14H13NO2.ClH/c1-10-7-12(11-5-3-2-4-6-11)9-13(8-10)14(16)15-17;/h2-9,17H,1H3,(H,15,16);1H. The second-order valence-corrected chi connectivity index (χ2v) is 3.89. The molecule has 0 unspecified atom stereocenters. The van der Waals surface area contributed by atoms with E-state index in [0.29, 0.717) is 5.56 Å². The van der Waals surface area contributed by atoms with Crippen molar-refractivity contribution in [2.24, 2.45) is 0 Å². The fourth-order valence-corrected chi connectivity index (χ4v) is 1.78. The van der Waals surface area contributed by atoms with Crippen LogP contribution >= 0.6 is 12.4 Å². The number of amides is 1. The highest BCUT2D eigenvalue weighted by molar-refractivity contribution is 5.95. The van der Waals surface area contributed by atoms with Gasteiger partial charge in [0.05, 0.1) is 0 Å². The van der Waals surface area contributed by atoms with Crippen LogP contribution in [0.25, 0.3) is 11.1 Å². The number of nitrogens with one attached hydrogen (secondary N) is 1. The maximum atomic E-state index is 11.4. The molecule has 1 amide bonds. The average Bonchev–Trinajstić information content (AvgIpc) is 2.38. The Morgan fingerprint density at radius 1 is 1.06 bits per heavy atom. The van der Waals surface area contributed by atoms with Gasteiger partial charge in [-0.2, -0.15) is 0 Å². The lowest BCUT2D eigenvalue weighted by molar-refractivity contribution is 0.0706.